The fourth-order valence-corrected chi connectivity index (χ4v) is 10.3. The number of hydrogen-bond donors (Lipinski definition) is 0. The van der Waals surface area contributed by atoms with Crippen LogP contribution in [-0.2, 0) is 4.43 Å². The van der Waals surface area contributed by atoms with Crippen LogP contribution < -0.4 is 22.4 Å². The molecule has 0 N–H and O–H groups in total. The third-order valence-corrected chi connectivity index (χ3v) is 36.1. The molecular formula is C45H82O7Si5. The van der Waals surface area contributed by atoms with Crippen LogP contribution in [0.1, 0.15) is 126 Å². The van der Waals surface area contributed by atoms with Gasteiger partial charge in [0.05, 0.1) is 0 Å². The summed E-state index contributed by atoms with van der Waals surface area (Å²) < 4.78 is 42.4. The quantitative estimate of drug-likeness (QED) is 0.208. The highest BCUT2D eigenvalue weighted by Gasteiger charge is 2.50. The van der Waals surface area contributed by atoms with E-state index in [0.717, 1.165) is 11.3 Å². The molecule has 1 heterocycles. The number of fused-ring (bicyclic) bond motifs is 1. The predicted octanol–water partition coefficient (Wildman–Crippen LogP) is 14.9. The number of ketones is 1. The minimum atomic E-state index is -2.52. The number of hydrogen-bond acceptors (Lipinski definition) is 7. The van der Waals surface area contributed by atoms with Crippen molar-refractivity contribution >= 4 is 47.4 Å². The Labute approximate surface area is 354 Å². The maximum absolute atomic E-state index is 15.4. The Morgan fingerprint density at radius 2 is 0.860 bits per heavy atom. The van der Waals surface area contributed by atoms with Crippen molar-refractivity contribution in [3.63, 3.8) is 0 Å². The largest absolute Gasteiger partial charge is 0.543 e. The minimum absolute atomic E-state index is 0.0149. The lowest BCUT2D eigenvalue weighted by atomic mass is 9.92. The van der Waals surface area contributed by atoms with Crippen LogP contribution in [0.25, 0.3) is 0 Å². The molecule has 2 atom stereocenters. The molecule has 324 valence electrons. The van der Waals surface area contributed by atoms with Crippen LogP contribution in [0.5, 0.6) is 28.7 Å². The van der Waals surface area contributed by atoms with Crippen molar-refractivity contribution in [1.29, 1.82) is 0 Å². The highest BCUT2D eigenvalue weighted by atomic mass is 28.4. The Kier molecular flexibility index (Phi) is 13.5. The fourth-order valence-electron chi connectivity index (χ4n) is 4.97. The first-order valence-corrected chi connectivity index (χ1v) is 35.6. The zero-order valence-electron chi connectivity index (χ0n) is 40.9. The van der Waals surface area contributed by atoms with Gasteiger partial charge in [0.1, 0.15) is 34.3 Å². The van der Waals surface area contributed by atoms with E-state index >= 15 is 4.79 Å². The van der Waals surface area contributed by atoms with Gasteiger partial charge in [0.2, 0.25) is 14.1 Å². The van der Waals surface area contributed by atoms with Crippen molar-refractivity contribution in [2.75, 3.05) is 0 Å². The second kappa shape index (κ2) is 15.6. The molecule has 7 nitrogen and oxygen atoms in total. The third-order valence-electron chi connectivity index (χ3n) is 14.3. The Morgan fingerprint density at radius 1 is 0.474 bits per heavy atom. The van der Waals surface area contributed by atoms with Gasteiger partial charge in [-0.15, -0.1) is 0 Å². The lowest BCUT2D eigenvalue weighted by Gasteiger charge is -2.44. The van der Waals surface area contributed by atoms with Gasteiger partial charge in [-0.3, -0.25) is 4.79 Å². The number of benzene rings is 2. The molecule has 0 aliphatic carbocycles. The van der Waals surface area contributed by atoms with E-state index in [0.29, 0.717) is 28.6 Å². The SMILES string of the molecule is CC(C)(C)[Si](C)(C)Oc1cc2c(c(O[Si](C)(C)C(C)(C)C)c1)C(=O)[C@H](O[Si](C)(C)C(C)(C)C)[C@@H](c1ccc(O[Si](C)(C)C(C)(C)C)c(O[Si](C)(C)C(C)(C)C)c1)O2. The van der Waals surface area contributed by atoms with E-state index in [1.807, 2.05) is 24.3 Å². The highest BCUT2D eigenvalue weighted by Crippen LogP contribution is 2.51. The lowest BCUT2D eigenvalue weighted by molar-refractivity contribution is 0.0262. The Balaban J connectivity index is 2.42. The van der Waals surface area contributed by atoms with Gasteiger partial charge in [-0.25, -0.2) is 0 Å². The van der Waals surface area contributed by atoms with Gasteiger partial charge in [-0.05, 0) is 108 Å². The number of carbonyl (C=O) groups excluding carboxylic acids is 1. The van der Waals surface area contributed by atoms with Crippen LogP contribution in [0.2, 0.25) is 90.7 Å². The van der Waals surface area contributed by atoms with Crippen molar-refractivity contribution in [3.05, 3.63) is 41.5 Å². The number of carbonyl (C=O) groups is 1. The molecule has 12 heteroatoms. The molecule has 0 bridgehead atoms. The molecule has 0 saturated heterocycles. The molecule has 0 fully saturated rings. The zero-order valence-corrected chi connectivity index (χ0v) is 45.9. The van der Waals surface area contributed by atoms with E-state index in [9.17, 15) is 0 Å². The molecule has 0 unspecified atom stereocenters. The van der Waals surface area contributed by atoms with Gasteiger partial charge in [0.25, 0.3) is 25.0 Å². The number of Topliss-reactive ketones (excluding diaryl/α,β-unsaturated/α-hetero) is 1. The van der Waals surface area contributed by atoms with E-state index in [1.165, 1.54) is 0 Å². The summed E-state index contributed by atoms with van der Waals surface area (Å²) >= 11 is 0. The number of ether oxygens (including phenoxy) is 1. The van der Waals surface area contributed by atoms with Crippen molar-refractivity contribution < 1.29 is 31.7 Å². The van der Waals surface area contributed by atoms with Crippen molar-refractivity contribution in [2.45, 2.75) is 207 Å². The minimum Gasteiger partial charge on any atom is -0.543 e. The Bertz CT molecular complexity index is 1780. The molecule has 57 heavy (non-hydrogen) atoms. The first-order valence-electron chi connectivity index (χ1n) is 21.0. The second-order valence-corrected chi connectivity index (χ2v) is 47.8. The van der Waals surface area contributed by atoms with Crippen LogP contribution in [-0.4, -0.2) is 53.5 Å². The molecule has 2 aromatic carbocycles. The smallest absolute Gasteiger partial charge is 0.250 e. The van der Waals surface area contributed by atoms with Gasteiger partial charge in [-0.2, -0.15) is 0 Å². The van der Waals surface area contributed by atoms with Crippen LogP contribution in [0, 0.1) is 0 Å². The number of rotatable bonds is 11. The summed E-state index contributed by atoms with van der Waals surface area (Å²) in [5.41, 5.74) is 1.23. The predicted molar refractivity (Wildman–Crippen MR) is 254 cm³/mol. The maximum Gasteiger partial charge on any atom is 0.250 e. The van der Waals surface area contributed by atoms with Crippen molar-refractivity contribution in [2.24, 2.45) is 0 Å². The van der Waals surface area contributed by atoms with Gasteiger partial charge < -0.3 is 26.9 Å². The summed E-state index contributed by atoms with van der Waals surface area (Å²) in [4.78, 5) is 15.4. The summed E-state index contributed by atoms with van der Waals surface area (Å²) in [6.45, 7) is 55.7. The van der Waals surface area contributed by atoms with Crippen molar-refractivity contribution in [3.8, 4) is 28.7 Å². The first kappa shape index (κ1) is 49.5. The van der Waals surface area contributed by atoms with E-state index in [4.69, 9.17) is 26.9 Å². The fraction of sp³-hybridized carbons (Fsp3) is 0.711. The molecule has 1 aliphatic rings. The first-order chi connectivity index (χ1) is 25.1. The van der Waals surface area contributed by atoms with Crippen LogP contribution in [0.4, 0.5) is 0 Å². The highest BCUT2D eigenvalue weighted by molar-refractivity contribution is 6.76. The monoisotopic (exact) mass is 874 g/mol. The van der Waals surface area contributed by atoms with E-state index in [-0.39, 0.29) is 31.0 Å². The summed E-state index contributed by atoms with van der Waals surface area (Å²) in [5, 5.41) is -0.374. The van der Waals surface area contributed by atoms with Crippen LogP contribution in [0.15, 0.2) is 30.3 Å². The topological polar surface area (TPSA) is 72.5 Å². The van der Waals surface area contributed by atoms with Crippen molar-refractivity contribution in [1.82, 2.24) is 0 Å². The molecule has 0 amide bonds. The van der Waals surface area contributed by atoms with Gasteiger partial charge in [0.15, 0.2) is 20.5 Å². The zero-order chi connectivity index (χ0) is 44.6. The molecule has 1 aliphatic heterocycles. The van der Waals surface area contributed by atoms with E-state index in [2.05, 4.69) is 175 Å². The second-order valence-electron chi connectivity index (χ2n) is 24.2. The van der Waals surface area contributed by atoms with Crippen LogP contribution in [0.3, 0.4) is 0 Å². The van der Waals surface area contributed by atoms with Gasteiger partial charge >= 0.3 is 0 Å². The molecule has 2 aromatic rings. The summed E-state index contributed by atoms with van der Waals surface area (Å²) in [5.74, 6) is 2.92. The average Bonchev–Trinajstić information content (AvgIpc) is 2.95. The Morgan fingerprint density at radius 3 is 1.28 bits per heavy atom. The molecule has 0 saturated carbocycles. The standard InChI is InChI=1S/C45H82O7Si5/c1-41(2,3)53(16,17)48-32-29-35-37(36(30-32)51-56(22,23)44(10,11)12)38(46)40(52-57(24,25)45(13,14)15)39(47-35)31-26-27-33(49-54(18,19)42(4,5)6)34(28-31)50-55(20,21)43(7,8)9/h26-30,39-40H,1-25H3/t39-,40+/m1/s1. The van der Waals surface area contributed by atoms with Gasteiger partial charge in [0, 0.05) is 12.1 Å². The normalized spacial score (nSPS) is 18.2. The Hall–Kier alpha value is -1.85. The summed E-state index contributed by atoms with van der Waals surface area (Å²) in [6.07, 6.45) is -1.67. The molecule has 0 radical (unpaired) electrons. The maximum atomic E-state index is 15.4. The third kappa shape index (κ3) is 10.7. The molecular weight excluding hydrogens is 793 g/mol. The average molecular weight is 876 g/mol. The van der Waals surface area contributed by atoms with Gasteiger partial charge in [-0.1, -0.05) is 110 Å². The molecule has 0 aromatic heterocycles. The summed E-state index contributed by atoms with van der Waals surface area (Å²) in [6, 6.07) is 9.95. The summed E-state index contributed by atoms with van der Waals surface area (Å²) in [7, 11) is -11.8. The van der Waals surface area contributed by atoms with Crippen LogP contribution >= 0.6 is 0 Å². The van der Waals surface area contributed by atoms with E-state index < -0.39 is 53.8 Å². The molecule has 0 spiro atoms. The molecule has 3 rings (SSSR count). The lowest BCUT2D eigenvalue weighted by Crippen LogP contribution is -2.50. The van der Waals surface area contributed by atoms with E-state index in [1.54, 1.807) is 0 Å².